The fourth-order valence-electron chi connectivity index (χ4n) is 3.46. The molecule has 0 saturated heterocycles. The van der Waals surface area contributed by atoms with Gasteiger partial charge in [-0.05, 0) is 38.0 Å². The molecule has 0 radical (unpaired) electrons. The summed E-state index contributed by atoms with van der Waals surface area (Å²) < 4.78 is 32.3. The van der Waals surface area contributed by atoms with Gasteiger partial charge in [-0.3, -0.25) is 18.6 Å². The van der Waals surface area contributed by atoms with Crippen molar-refractivity contribution in [3.05, 3.63) is 57.0 Å². The molecule has 1 aliphatic rings. The first-order chi connectivity index (χ1) is 14.1. The van der Waals surface area contributed by atoms with E-state index in [9.17, 15) is 18.0 Å². The Balaban J connectivity index is 0.00000272. The summed E-state index contributed by atoms with van der Waals surface area (Å²) in [6.07, 6.45) is 4.83. The second-order valence-electron chi connectivity index (χ2n) is 7.98. The molecule has 0 bridgehead atoms. The summed E-state index contributed by atoms with van der Waals surface area (Å²) in [4.78, 5) is 26.2. The maximum Gasteiger partial charge on any atom is 0.331 e. The fourth-order valence-corrected chi connectivity index (χ4v) is 4.95. The molecule has 3 aromatic rings. The van der Waals surface area contributed by atoms with Crippen LogP contribution in [0.3, 0.4) is 0 Å². The molecule has 2 heterocycles. The zero-order valence-electron chi connectivity index (χ0n) is 17.2. The summed E-state index contributed by atoms with van der Waals surface area (Å²) in [5, 5.41) is 4.21. The Labute approximate surface area is 185 Å². The minimum Gasteiger partial charge on any atom is -0.329 e. The van der Waals surface area contributed by atoms with Crippen LogP contribution in [0.1, 0.15) is 25.3 Å². The Bertz CT molecular complexity index is 1350. The number of nitrogens with two attached hydrogens (primary N) is 1. The molecular weight excluding hydrogens is 444 g/mol. The average molecular weight is 469 g/mol. The van der Waals surface area contributed by atoms with Crippen LogP contribution in [-0.4, -0.2) is 39.4 Å². The van der Waals surface area contributed by atoms with Crippen LogP contribution in [0, 0.1) is 0 Å². The Hall–Kier alpha value is -2.47. The zero-order valence-corrected chi connectivity index (χ0v) is 18.9. The van der Waals surface area contributed by atoms with Crippen molar-refractivity contribution in [3.8, 4) is 0 Å². The first-order valence-electron chi connectivity index (χ1n) is 9.62. The van der Waals surface area contributed by atoms with E-state index in [4.69, 9.17) is 5.73 Å². The molecule has 12 heteroatoms. The minimum absolute atomic E-state index is 0. The third kappa shape index (κ3) is 4.45. The normalized spacial score (nSPS) is 15.1. The average Bonchev–Trinajstić information content (AvgIpc) is 3.26. The molecule has 1 saturated carbocycles. The van der Waals surface area contributed by atoms with Crippen molar-refractivity contribution in [1.29, 1.82) is 0 Å². The van der Waals surface area contributed by atoms with Crippen molar-refractivity contribution in [2.24, 2.45) is 12.8 Å². The number of hydrogen-bond donors (Lipinski definition) is 2. The van der Waals surface area contributed by atoms with E-state index in [0.29, 0.717) is 11.1 Å². The number of hydrogen-bond acceptors (Lipinski definition) is 6. The maximum atomic E-state index is 13.2. The van der Waals surface area contributed by atoms with Gasteiger partial charge in [0.15, 0.2) is 0 Å². The Kier molecular flexibility index (Phi) is 6.16. The second kappa shape index (κ2) is 8.23. The second-order valence-corrected chi connectivity index (χ2v) is 9.66. The molecule has 0 spiro atoms. The van der Waals surface area contributed by atoms with Gasteiger partial charge in [-0.15, -0.1) is 12.4 Å². The molecule has 4 rings (SSSR count). The summed E-state index contributed by atoms with van der Waals surface area (Å²) >= 11 is 0. The number of halogens is 1. The minimum atomic E-state index is -3.79. The molecule has 0 atom stereocenters. The number of benzene rings is 1. The highest BCUT2D eigenvalue weighted by Crippen LogP contribution is 2.36. The van der Waals surface area contributed by atoms with Crippen molar-refractivity contribution in [3.63, 3.8) is 0 Å². The quantitative estimate of drug-likeness (QED) is 0.507. The fraction of sp³-hybridized carbons (Fsp3) is 0.421. The molecule has 31 heavy (non-hydrogen) atoms. The summed E-state index contributed by atoms with van der Waals surface area (Å²) in [5.41, 5.74) is 5.22. The van der Waals surface area contributed by atoms with E-state index in [1.165, 1.54) is 22.8 Å². The van der Waals surface area contributed by atoms with Gasteiger partial charge in [0, 0.05) is 37.4 Å². The summed E-state index contributed by atoms with van der Waals surface area (Å²) in [6, 6.07) is 4.23. The van der Waals surface area contributed by atoms with E-state index in [1.54, 1.807) is 24.1 Å². The lowest BCUT2D eigenvalue weighted by Crippen LogP contribution is -2.41. The molecule has 10 nitrogen and oxygen atoms in total. The topological polar surface area (TPSA) is 134 Å². The van der Waals surface area contributed by atoms with Crippen LogP contribution < -0.4 is 21.7 Å². The third-order valence-corrected chi connectivity index (χ3v) is 6.98. The largest absolute Gasteiger partial charge is 0.331 e. The summed E-state index contributed by atoms with van der Waals surface area (Å²) in [6.45, 7) is 2.26. The van der Waals surface area contributed by atoms with Crippen LogP contribution in [0.4, 0.5) is 0 Å². The van der Waals surface area contributed by atoms with Crippen LogP contribution in [0.5, 0.6) is 0 Å². The molecule has 1 fully saturated rings. The van der Waals surface area contributed by atoms with E-state index in [1.807, 2.05) is 6.92 Å². The molecule has 2 aromatic heterocycles. The van der Waals surface area contributed by atoms with Crippen molar-refractivity contribution in [1.82, 2.24) is 23.6 Å². The van der Waals surface area contributed by atoms with Crippen LogP contribution >= 0.6 is 12.4 Å². The Morgan fingerprint density at radius 2 is 1.94 bits per heavy atom. The van der Waals surface area contributed by atoms with E-state index in [-0.39, 0.29) is 42.3 Å². The molecule has 0 amide bonds. The first-order valence-corrected chi connectivity index (χ1v) is 11.1. The highest BCUT2D eigenvalue weighted by Gasteiger charge is 2.41. The summed E-state index contributed by atoms with van der Waals surface area (Å²) in [5.74, 6) is 0. The smallest absolute Gasteiger partial charge is 0.329 e. The third-order valence-electron chi connectivity index (χ3n) is 5.34. The van der Waals surface area contributed by atoms with E-state index in [0.717, 1.165) is 17.4 Å². The van der Waals surface area contributed by atoms with Gasteiger partial charge >= 0.3 is 5.69 Å². The zero-order chi connectivity index (χ0) is 21.7. The SMILES string of the molecule is Cl.Cn1cc(Cn2c(=O)c3cc(S(=O)(=O)NC4(C)CC4)ccc3n(CCN)c2=O)cn1. The van der Waals surface area contributed by atoms with Crippen LogP contribution in [0.2, 0.25) is 0 Å². The van der Waals surface area contributed by atoms with E-state index >= 15 is 0 Å². The molecule has 1 aromatic carbocycles. The predicted molar refractivity (Wildman–Crippen MR) is 119 cm³/mol. The molecule has 0 unspecified atom stereocenters. The lowest BCUT2D eigenvalue weighted by Gasteiger charge is -2.15. The van der Waals surface area contributed by atoms with E-state index < -0.39 is 26.8 Å². The Morgan fingerprint density at radius 1 is 1.23 bits per heavy atom. The predicted octanol–water partition coefficient (Wildman–Crippen LogP) is 0.156. The number of aryl methyl sites for hydroxylation is 1. The number of nitrogens with one attached hydrogen (secondary N) is 1. The monoisotopic (exact) mass is 468 g/mol. The summed E-state index contributed by atoms with van der Waals surface area (Å²) in [7, 11) is -2.05. The standard InChI is InChI=1S/C19H24N6O4S.ClH/c1-19(5-6-19)22-30(28,29)14-3-4-16-15(9-14)17(26)25(18(27)24(16)8-7-20)12-13-10-21-23(2)11-13;/h3-4,9-11,22H,5-8,12,20H2,1-2H3;1H. The number of aromatic nitrogens is 4. The van der Waals surface area contributed by atoms with Crippen LogP contribution in [0.25, 0.3) is 10.9 Å². The van der Waals surface area contributed by atoms with Crippen LogP contribution in [0.15, 0.2) is 45.1 Å². The maximum absolute atomic E-state index is 13.2. The van der Waals surface area contributed by atoms with Crippen molar-refractivity contribution in [2.45, 2.75) is 43.3 Å². The lowest BCUT2D eigenvalue weighted by molar-refractivity contribution is 0.558. The number of fused-ring (bicyclic) bond motifs is 1. The van der Waals surface area contributed by atoms with Gasteiger partial charge in [0.05, 0.1) is 28.5 Å². The molecular formula is C19H25ClN6O4S. The molecule has 1 aliphatic carbocycles. The van der Waals surface area contributed by atoms with Gasteiger partial charge in [0.25, 0.3) is 5.56 Å². The van der Waals surface area contributed by atoms with Crippen molar-refractivity contribution < 1.29 is 8.42 Å². The van der Waals surface area contributed by atoms with Gasteiger partial charge in [-0.2, -0.15) is 5.10 Å². The number of sulfonamides is 1. The van der Waals surface area contributed by atoms with Crippen molar-refractivity contribution in [2.75, 3.05) is 6.54 Å². The van der Waals surface area contributed by atoms with Crippen molar-refractivity contribution >= 4 is 33.3 Å². The highest BCUT2D eigenvalue weighted by atomic mass is 35.5. The number of nitrogens with zero attached hydrogens (tertiary/aromatic N) is 4. The van der Waals surface area contributed by atoms with Gasteiger partial charge in [-0.1, -0.05) is 0 Å². The highest BCUT2D eigenvalue weighted by molar-refractivity contribution is 7.89. The van der Waals surface area contributed by atoms with E-state index in [2.05, 4.69) is 9.82 Å². The molecule has 3 N–H and O–H groups in total. The lowest BCUT2D eigenvalue weighted by atomic mass is 10.2. The Morgan fingerprint density at radius 3 is 2.52 bits per heavy atom. The van der Waals surface area contributed by atoms with Gasteiger partial charge < -0.3 is 5.73 Å². The first kappa shape index (κ1) is 23.2. The van der Waals surface area contributed by atoms with Gasteiger partial charge in [0.2, 0.25) is 10.0 Å². The number of rotatable bonds is 7. The van der Waals surface area contributed by atoms with Crippen LogP contribution in [-0.2, 0) is 30.2 Å². The van der Waals surface area contributed by atoms with Gasteiger partial charge in [0.1, 0.15) is 0 Å². The van der Waals surface area contributed by atoms with Gasteiger partial charge in [-0.25, -0.2) is 17.9 Å². The molecule has 0 aliphatic heterocycles. The molecule has 168 valence electrons.